The lowest BCUT2D eigenvalue weighted by Gasteiger charge is -2.09. The number of carbonyl (C=O) groups is 1. The summed E-state index contributed by atoms with van der Waals surface area (Å²) in [7, 11) is 0. The van der Waals surface area contributed by atoms with Gasteiger partial charge in [0.15, 0.2) is 0 Å². The number of amides is 1. The largest absolute Gasteiger partial charge is 0.477 e. The van der Waals surface area contributed by atoms with E-state index in [0.29, 0.717) is 18.1 Å². The van der Waals surface area contributed by atoms with Crippen LogP contribution in [0.4, 0.5) is 5.69 Å². The highest BCUT2D eigenvalue weighted by atomic mass is 127. The van der Waals surface area contributed by atoms with Crippen LogP contribution in [-0.2, 0) is 0 Å². The van der Waals surface area contributed by atoms with Gasteiger partial charge in [0.2, 0.25) is 5.88 Å². The minimum Gasteiger partial charge on any atom is -0.477 e. The molecule has 0 unspecified atom stereocenters. The molecule has 4 nitrogen and oxygen atoms in total. The summed E-state index contributed by atoms with van der Waals surface area (Å²) in [5.74, 6) is 0.130. The van der Waals surface area contributed by atoms with Gasteiger partial charge in [-0.2, -0.15) is 0 Å². The molecule has 0 fully saturated rings. The summed E-state index contributed by atoms with van der Waals surface area (Å²) in [6, 6.07) is 11.0. The van der Waals surface area contributed by atoms with Crippen LogP contribution in [0.2, 0.25) is 0 Å². The molecule has 1 heterocycles. The van der Waals surface area contributed by atoms with Crippen molar-refractivity contribution in [3.8, 4) is 5.88 Å². The summed E-state index contributed by atoms with van der Waals surface area (Å²) in [4.78, 5) is 16.2. The molecule has 0 bridgehead atoms. The highest BCUT2D eigenvalue weighted by molar-refractivity contribution is 14.1. The first-order valence-electron chi connectivity index (χ1n) is 5.85. The SMILES string of the molecule is CCOc1ncccc1C(=O)Nc1ccc(I)cc1. The standard InChI is InChI=1S/C14H13IN2O2/c1-2-19-14-12(4-3-9-16-14)13(18)17-11-7-5-10(15)6-8-11/h3-9H,2H2,1H3,(H,17,18). The predicted molar refractivity (Wildman–Crippen MR) is 82.5 cm³/mol. The summed E-state index contributed by atoms with van der Waals surface area (Å²) in [6.07, 6.45) is 1.60. The van der Waals surface area contributed by atoms with Crippen LogP contribution in [0.3, 0.4) is 0 Å². The molecule has 0 spiro atoms. The number of anilines is 1. The van der Waals surface area contributed by atoms with Crippen molar-refractivity contribution in [1.82, 2.24) is 4.98 Å². The molecule has 0 atom stereocenters. The van der Waals surface area contributed by atoms with Crippen molar-refractivity contribution in [2.75, 3.05) is 11.9 Å². The quantitative estimate of drug-likeness (QED) is 0.843. The molecule has 2 aromatic rings. The molecule has 0 aliphatic rings. The van der Waals surface area contributed by atoms with Gasteiger partial charge in [0.1, 0.15) is 5.56 Å². The summed E-state index contributed by atoms with van der Waals surface area (Å²) in [5.41, 5.74) is 1.18. The molecule has 5 heteroatoms. The Morgan fingerprint density at radius 3 is 2.74 bits per heavy atom. The number of pyridine rings is 1. The molecule has 1 N–H and O–H groups in total. The van der Waals surface area contributed by atoms with Gasteiger partial charge in [0, 0.05) is 15.5 Å². The zero-order chi connectivity index (χ0) is 13.7. The number of nitrogens with one attached hydrogen (secondary N) is 1. The molecular weight excluding hydrogens is 355 g/mol. The number of hydrogen-bond donors (Lipinski definition) is 1. The highest BCUT2D eigenvalue weighted by Crippen LogP contribution is 2.17. The molecule has 19 heavy (non-hydrogen) atoms. The lowest BCUT2D eigenvalue weighted by molar-refractivity contribution is 0.102. The normalized spacial score (nSPS) is 10.0. The lowest BCUT2D eigenvalue weighted by atomic mass is 10.2. The fourth-order valence-electron chi connectivity index (χ4n) is 1.55. The third kappa shape index (κ3) is 3.66. The van der Waals surface area contributed by atoms with Gasteiger partial charge in [-0.15, -0.1) is 0 Å². The second-order valence-corrected chi connectivity index (χ2v) is 5.00. The first-order valence-corrected chi connectivity index (χ1v) is 6.93. The number of hydrogen-bond acceptors (Lipinski definition) is 3. The van der Waals surface area contributed by atoms with Crippen LogP contribution < -0.4 is 10.1 Å². The Balaban J connectivity index is 2.18. The molecule has 0 saturated heterocycles. The van der Waals surface area contributed by atoms with E-state index >= 15 is 0 Å². The van der Waals surface area contributed by atoms with Crippen molar-refractivity contribution < 1.29 is 9.53 Å². The van der Waals surface area contributed by atoms with Crippen LogP contribution in [0.25, 0.3) is 0 Å². The average Bonchev–Trinajstić information content (AvgIpc) is 2.42. The Labute approximate surface area is 125 Å². The molecule has 0 aliphatic carbocycles. The van der Waals surface area contributed by atoms with E-state index in [9.17, 15) is 4.79 Å². The molecular formula is C14H13IN2O2. The van der Waals surface area contributed by atoms with E-state index in [1.54, 1.807) is 18.3 Å². The molecule has 0 saturated carbocycles. The van der Waals surface area contributed by atoms with Crippen molar-refractivity contribution in [2.24, 2.45) is 0 Å². The first-order chi connectivity index (χ1) is 9.20. The van der Waals surface area contributed by atoms with Crippen LogP contribution in [0, 0.1) is 3.57 Å². The Hall–Kier alpha value is -1.63. The number of ether oxygens (including phenoxy) is 1. The zero-order valence-electron chi connectivity index (χ0n) is 10.4. The van der Waals surface area contributed by atoms with E-state index < -0.39 is 0 Å². The molecule has 2 rings (SSSR count). The Bertz CT molecular complexity index is 570. The average molecular weight is 368 g/mol. The van der Waals surface area contributed by atoms with Gasteiger partial charge >= 0.3 is 0 Å². The van der Waals surface area contributed by atoms with E-state index in [-0.39, 0.29) is 5.91 Å². The predicted octanol–water partition coefficient (Wildman–Crippen LogP) is 3.34. The highest BCUT2D eigenvalue weighted by Gasteiger charge is 2.13. The Morgan fingerprint density at radius 2 is 2.05 bits per heavy atom. The second-order valence-electron chi connectivity index (χ2n) is 3.75. The Kier molecular flexibility index (Phi) is 4.73. The van der Waals surface area contributed by atoms with Crippen LogP contribution in [0.15, 0.2) is 42.6 Å². The van der Waals surface area contributed by atoms with Crippen molar-refractivity contribution in [3.63, 3.8) is 0 Å². The second kappa shape index (κ2) is 6.51. The van der Waals surface area contributed by atoms with Gasteiger partial charge in [0.25, 0.3) is 5.91 Å². The van der Waals surface area contributed by atoms with Crippen molar-refractivity contribution in [3.05, 3.63) is 51.7 Å². The molecule has 1 aromatic carbocycles. The molecule has 98 valence electrons. The smallest absolute Gasteiger partial charge is 0.261 e. The zero-order valence-corrected chi connectivity index (χ0v) is 12.5. The van der Waals surface area contributed by atoms with Gasteiger partial charge in [-0.05, 0) is 65.9 Å². The number of aromatic nitrogens is 1. The maximum atomic E-state index is 12.2. The topological polar surface area (TPSA) is 51.2 Å². The number of carbonyl (C=O) groups excluding carboxylic acids is 1. The maximum absolute atomic E-state index is 12.2. The van der Waals surface area contributed by atoms with E-state index in [2.05, 4.69) is 32.9 Å². The summed E-state index contributed by atoms with van der Waals surface area (Å²) in [5, 5.41) is 2.82. The van der Waals surface area contributed by atoms with Crippen molar-refractivity contribution >= 4 is 34.2 Å². The Morgan fingerprint density at radius 1 is 1.32 bits per heavy atom. The van der Waals surface area contributed by atoms with Crippen molar-refractivity contribution in [2.45, 2.75) is 6.92 Å². The van der Waals surface area contributed by atoms with E-state index in [4.69, 9.17) is 4.74 Å². The third-order valence-corrected chi connectivity index (χ3v) is 3.12. The summed E-state index contributed by atoms with van der Waals surface area (Å²) >= 11 is 2.22. The molecule has 1 amide bonds. The van der Waals surface area contributed by atoms with Crippen LogP contribution in [-0.4, -0.2) is 17.5 Å². The van der Waals surface area contributed by atoms with Gasteiger partial charge in [-0.3, -0.25) is 4.79 Å². The van der Waals surface area contributed by atoms with Gasteiger partial charge in [-0.1, -0.05) is 0 Å². The van der Waals surface area contributed by atoms with E-state index in [0.717, 1.165) is 9.26 Å². The minimum absolute atomic E-state index is 0.224. The van der Waals surface area contributed by atoms with Crippen molar-refractivity contribution in [1.29, 1.82) is 0 Å². The number of rotatable bonds is 4. The maximum Gasteiger partial charge on any atom is 0.261 e. The number of nitrogens with zero attached hydrogens (tertiary/aromatic N) is 1. The summed E-state index contributed by atoms with van der Waals surface area (Å²) in [6.45, 7) is 2.33. The van der Waals surface area contributed by atoms with E-state index in [1.807, 2.05) is 31.2 Å². The monoisotopic (exact) mass is 368 g/mol. The molecule has 0 radical (unpaired) electrons. The number of benzene rings is 1. The lowest BCUT2D eigenvalue weighted by Crippen LogP contribution is -2.14. The minimum atomic E-state index is -0.224. The fourth-order valence-corrected chi connectivity index (χ4v) is 1.91. The fraction of sp³-hybridized carbons (Fsp3) is 0.143. The van der Waals surface area contributed by atoms with Gasteiger partial charge < -0.3 is 10.1 Å². The van der Waals surface area contributed by atoms with E-state index in [1.165, 1.54) is 0 Å². The van der Waals surface area contributed by atoms with Crippen LogP contribution in [0.1, 0.15) is 17.3 Å². The van der Waals surface area contributed by atoms with Crippen LogP contribution in [0.5, 0.6) is 5.88 Å². The van der Waals surface area contributed by atoms with Gasteiger partial charge in [0.05, 0.1) is 6.61 Å². The first kappa shape index (κ1) is 13.8. The summed E-state index contributed by atoms with van der Waals surface area (Å²) < 4.78 is 6.46. The third-order valence-electron chi connectivity index (χ3n) is 2.40. The molecule has 1 aromatic heterocycles. The van der Waals surface area contributed by atoms with Gasteiger partial charge in [-0.25, -0.2) is 4.98 Å². The number of halogens is 1. The molecule has 0 aliphatic heterocycles. The van der Waals surface area contributed by atoms with Crippen LogP contribution >= 0.6 is 22.6 Å².